The van der Waals surface area contributed by atoms with Gasteiger partial charge < -0.3 is 4.90 Å². The van der Waals surface area contributed by atoms with Crippen LogP contribution in [-0.4, -0.2) is 23.3 Å². The Morgan fingerprint density at radius 1 is 1.64 bits per heavy atom. The van der Waals surface area contributed by atoms with Crippen LogP contribution in [0.1, 0.15) is 12.5 Å². The molecule has 0 spiro atoms. The van der Waals surface area contributed by atoms with E-state index in [1.807, 2.05) is 11.8 Å². The Morgan fingerprint density at radius 3 is 3.00 bits per heavy atom. The van der Waals surface area contributed by atoms with Gasteiger partial charge in [-0.15, -0.1) is 11.5 Å². The Bertz CT molecular complexity index is 386. The molecule has 0 aliphatic heterocycles. The minimum absolute atomic E-state index is 0.434. The van der Waals surface area contributed by atoms with Gasteiger partial charge >= 0.3 is 0 Å². The van der Waals surface area contributed by atoms with Crippen molar-refractivity contribution >= 4 is 5.82 Å². The summed E-state index contributed by atoms with van der Waals surface area (Å²) < 4.78 is 0. The summed E-state index contributed by atoms with van der Waals surface area (Å²) in [6.45, 7) is 3.09. The smallest absolute Gasteiger partial charge is 0.169 e. The summed E-state index contributed by atoms with van der Waals surface area (Å²) in [5.74, 6) is 3.07. The first-order valence-electron chi connectivity index (χ1n) is 4.23. The molecule has 0 N–H and O–H groups in total. The third-order valence-electron chi connectivity index (χ3n) is 1.79. The van der Waals surface area contributed by atoms with Gasteiger partial charge in [0, 0.05) is 6.54 Å². The first-order chi connectivity index (χ1) is 6.83. The molecule has 1 heterocycles. The highest BCUT2D eigenvalue weighted by Crippen LogP contribution is 2.13. The molecule has 0 radical (unpaired) electrons. The maximum absolute atomic E-state index is 8.83. The summed E-state index contributed by atoms with van der Waals surface area (Å²) in [5.41, 5.74) is 0.497. The zero-order valence-corrected chi connectivity index (χ0v) is 7.94. The molecule has 0 bridgehead atoms. The molecule has 14 heavy (non-hydrogen) atoms. The second-order valence-electron chi connectivity index (χ2n) is 2.60. The number of terminal acetylenes is 1. The third-order valence-corrected chi connectivity index (χ3v) is 1.79. The van der Waals surface area contributed by atoms with E-state index in [9.17, 15) is 0 Å². The fraction of sp³-hybridized carbons (Fsp3) is 0.300. The largest absolute Gasteiger partial charge is 0.343 e. The summed E-state index contributed by atoms with van der Waals surface area (Å²) in [6.07, 6.45) is 6.70. The van der Waals surface area contributed by atoms with E-state index in [1.165, 1.54) is 6.20 Å². The predicted octanol–water partition coefficient (Wildman–Crippen LogP) is 0.808. The zero-order chi connectivity index (χ0) is 10.4. The molecule has 0 amide bonds. The highest BCUT2D eigenvalue weighted by atomic mass is 15.3. The van der Waals surface area contributed by atoms with Crippen LogP contribution in [0.3, 0.4) is 0 Å². The first-order valence-corrected chi connectivity index (χ1v) is 4.23. The molecule has 1 aromatic rings. The van der Waals surface area contributed by atoms with Crippen LogP contribution < -0.4 is 4.90 Å². The summed E-state index contributed by atoms with van der Waals surface area (Å²) in [7, 11) is 0. The number of hydrogen-bond donors (Lipinski definition) is 0. The average molecular weight is 186 g/mol. The van der Waals surface area contributed by atoms with Crippen LogP contribution in [0.5, 0.6) is 0 Å². The van der Waals surface area contributed by atoms with Crippen molar-refractivity contribution in [3.8, 4) is 18.4 Å². The van der Waals surface area contributed by atoms with Crippen LogP contribution in [0, 0.1) is 23.7 Å². The molecule has 0 fully saturated rings. The molecule has 1 aromatic heterocycles. The van der Waals surface area contributed by atoms with Crippen molar-refractivity contribution in [3.63, 3.8) is 0 Å². The van der Waals surface area contributed by atoms with Gasteiger partial charge in [0.25, 0.3) is 0 Å². The minimum Gasteiger partial charge on any atom is -0.343 e. The molecular formula is C10H10N4. The first kappa shape index (κ1) is 10.0. The summed E-state index contributed by atoms with van der Waals surface area (Å²) in [6, 6.07) is 3.68. The van der Waals surface area contributed by atoms with E-state index < -0.39 is 0 Å². The maximum atomic E-state index is 8.83. The van der Waals surface area contributed by atoms with Crippen molar-refractivity contribution < 1.29 is 0 Å². The van der Waals surface area contributed by atoms with Crippen LogP contribution in [0.15, 0.2) is 12.3 Å². The minimum atomic E-state index is 0.434. The van der Waals surface area contributed by atoms with E-state index in [4.69, 9.17) is 11.7 Å². The van der Waals surface area contributed by atoms with Crippen LogP contribution in [-0.2, 0) is 0 Å². The van der Waals surface area contributed by atoms with E-state index in [1.54, 1.807) is 6.07 Å². The number of nitriles is 1. The quantitative estimate of drug-likeness (QED) is 0.655. The van der Waals surface area contributed by atoms with Crippen molar-refractivity contribution in [2.24, 2.45) is 0 Å². The Hall–Kier alpha value is -2.07. The second kappa shape index (κ2) is 4.84. The van der Waals surface area contributed by atoms with Gasteiger partial charge in [-0.3, -0.25) is 0 Å². The van der Waals surface area contributed by atoms with Gasteiger partial charge in [-0.05, 0) is 13.0 Å². The summed E-state index contributed by atoms with van der Waals surface area (Å²) >= 11 is 0. The SMILES string of the molecule is C#CCN(CC)c1nnccc1C#N. The molecule has 4 heteroatoms. The predicted molar refractivity (Wildman–Crippen MR) is 53.5 cm³/mol. The van der Waals surface area contributed by atoms with Crippen molar-refractivity contribution in [1.82, 2.24) is 10.2 Å². The molecule has 0 aliphatic rings. The molecule has 1 rings (SSSR count). The van der Waals surface area contributed by atoms with Gasteiger partial charge in [0.1, 0.15) is 6.07 Å². The number of anilines is 1. The van der Waals surface area contributed by atoms with Gasteiger partial charge in [0.15, 0.2) is 5.82 Å². The normalized spacial score (nSPS) is 8.79. The van der Waals surface area contributed by atoms with Crippen LogP contribution >= 0.6 is 0 Å². The van der Waals surface area contributed by atoms with E-state index >= 15 is 0 Å². The molecule has 70 valence electrons. The van der Waals surface area contributed by atoms with E-state index in [-0.39, 0.29) is 0 Å². The standard InChI is InChI=1S/C10H10N4/c1-3-7-14(4-2)10-9(8-11)5-6-12-13-10/h1,5-6H,4,7H2,2H3. The van der Waals surface area contributed by atoms with Crippen LogP contribution in [0.2, 0.25) is 0 Å². The van der Waals surface area contributed by atoms with Crippen molar-refractivity contribution in [2.45, 2.75) is 6.92 Å². The van der Waals surface area contributed by atoms with Crippen molar-refractivity contribution in [2.75, 3.05) is 18.0 Å². The lowest BCUT2D eigenvalue weighted by molar-refractivity contribution is 0.858. The molecule has 4 nitrogen and oxygen atoms in total. The molecule has 0 saturated carbocycles. The number of nitrogens with zero attached hydrogens (tertiary/aromatic N) is 4. The number of rotatable bonds is 3. The van der Waals surface area contributed by atoms with Gasteiger partial charge in [-0.25, -0.2) is 0 Å². The Morgan fingerprint density at radius 2 is 2.43 bits per heavy atom. The fourth-order valence-electron chi connectivity index (χ4n) is 1.09. The third kappa shape index (κ3) is 1.99. The van der Waals surface area contributed by atoms with Crippen LogP contribution in [0.4, 0.5) is 5.82 Å². The molecule has 0 aromatic carbocycles. The number of hydrogen-bond acceptors (Lipinski definition) is 4. The fourth-order valence-corrected chi connectivity index (χ4v) is 1.09. The molecule has 0 atom stereocenters. The molecule has 0 aliphatic carbocycles. The van der Waals surface area contributed by atoms with E-state index in [0.29, 0.717) is 24.5 Å². The van der Waals surface area contributed by atoms with Gasteiger partial charge in [-0.2, -0.15) is 10.4 Å². The molecule has 0 saturated heterocycles. The Kier molecular flexibility index (Phi) is 3.46. The topological polar surface area (TPSA) is 52.8 Å². The lowest BCUT2D eigenvalue weighted by atomic mass is 10.3. The molecular weight excluding hydrogens is 176 g/mol. The lowest BCUT2D eigenvalue weighted by Crippen LogP contribution is -2.25. The Balaban J connectivity index is 3.05. The molecule has 0 unspecified atom stereocenters. The van der Waals surface area contributed by atoms with Crippen molar-refractivity contribution in [3.05, 3.63) is 17.8 Å². The van der Waals surface area contributed by atoms with Crippen molar-refractivity contribution in [1.29, 1.82) is 5.26 Å². The summed E-state index contributed by atoms with van der Waals surface area (Å²) in [5, 5.41) is 16.5. The lowest BCUT2D eigenvalue weighted by Gasteiger charge is -2.18. The highest BCUT2D eigenvalue weighted by Gasteiger charge is 2.09. The zero-order valence-electron chi connectivity index (χ0n) is 7.94. The van der Waals surface area contributed by atoms with Gasteiger partial charge in [0.2, 0.25) is 0 Å². The Labute approximate surface area is 83.2 Å². The maximum Gasteiger partial charge on any atom is 0.169 e. The summed E-state index contributed by atoms with van der Waals surface area (Å²) in [4.78, 5) is 1.82. The van der Waals surface area contributed by atoms with Gasteiger partial charge in [-0.1, -0.05) is 5.92 Å². The average Bonchev–Trinajstić information content (AvgIpc) is 2.26. The van der Waals surface area contributed by atoms with Gasteiger partial charge in [0.05, 0.1) is 18.3 Å². The van der Waals surface area contributed by atoms with Crippen LogP contribution in [0.25, 0.3) is 0 Å². The number of aromatic nitrogens is 2. The monoisotopic (exact) mass is 186 g/mol. The second-order valence-corrected chi connectivity index (χ2v) is 2.60. The van der Waals surface area contributed by atoms with E-state index in [0.717, 1.165) is 0 Å². The highest BCUT2D eigenvalue weighted by molar-refractivity contribution is 5.53. The van der Waals surface area contributed by atoms with E-state index in [2.05, 4.69) is 22.2 Å².